The van der Waals surface area contributed by atoms with Gasteiger partial charge in [-0.1, -0.05) is 115 Å². The summed E-state index contributed by atoms with van der Waals surface area (Å²) in [5, 5.41) is 9.70. The molecule has 2 heterocycles. The first kappa shape index (κ1) is 30.0. The van der Waals surface area contributed by atoms with E-state index in [1.165, 1.54) is 64.0 Å². The third-order valence-electron chi connectivity index (χ3n) is 10.6. The summed E-state index contributed by atoms with van der Waals surface area (Å²) in [7, 11) is 0. The van der Waals surface area contributed by atoms with Crippen LogP contribution >= 0.6 is 11.3 Å². The first-order chi connectivity index (χ1) is 26.2. The Morgan fingerprint density at radius 1 is 0.340 bits per heavy atom. The first-order valence-electron chi connectivity index (χ1n) is 18.0. The topological polar surface area (TPSA) is 16.4 Å². The van der Waals surface area contributed by atoms with E-state index in [-0.39, 0.29) is 0 Å². The van der Waals surface area contributed by atoms with Gasteiger partial charge in [-0.3, -0.25) is 0 Å². The maximum atomic E-state index is 6.50. The van der Waals surface area contributed by atoms with Crippen LogP contribution in [0.2, 0.25) is 0 Å². The number of hydrogen-bond acceptors (Lipinski definition) is 3. The standard InChI is InChI=1S/C50H31NOS/c1-2-8-32(9-3-1)37-18-24-42-38(29-37)19-25-47-50(42)45-31-40(22-26-46(45)52-47)51(41-23-27-49-44(30-41)43-12-6-7-13-48(43)53-49)39-20-16-34(17-21-39)36-15-14-33-10-4-5-11-35(33)28-36/h1-31H. The van der Waals surface area contributed by atoms with E-state index >= 15 is 0 Å². The largest absolute Gasteiger partial charge is 0.456 e. The van der Waals surface area contributed by atoms with E-state index in [0.29, 0.717) is 0 Å². The molecule has 0 N–H and O–H groups in total. The molecule has 9 aromatic carbocycles. The van der Waals surface area contributed by atoms with Crippen LogP contribution in [0.3, 0.4) is 0 Å². The fraction of sp³-hybridized carbons (Fsp3) is 0. The van der Waals surface area contributed by atoms with Crippen molar-refractivity contribution in [2.45, 2.75) is 0 Å². The van der Waals surface area contributed by atoms with Crippen LogP contribution in [0.15, 0.2) is 192 Å². The van der Waals surface area contributed by atoms with Gasteiger partial charge in [-0.05, 0) is 117 Å². The highest BCUT2D eigenvalue weighted by molar-refractivity contribution is 7.25. The van der Waals surface area contributed by atoms with E-state index in [1.807, 2.05) is 11.3 Å². The third-order valence-corrected chi connectivity index (χ3v) is 11.8. The van der Waals surface area contributed by atoms with Gasteiger partial charge in [-0.15, -0.1) is 11.3 Å². The normalized spacial score (nSPS) is 11.8. The van der Waals surface area contributed by atoms with Crippen molar-refractivity contribution < 1.29 is 4.42 Å². The predicted octanol–water partition coefficient (Wildman–Crippen LogP) is 15.1. The number of rotatable bonds is 5. The second kappa shape index (κ2) is 11.9. The van der Waals surface area contributed by atoms with Crippen molar-refractivity contribution in [2.24, 2.45) is 0 Å². The van der Waals surface area contributed by atoms with Crippen molar-refractivity contribution in [3.8, 4) is 22.3 Å². The van der Waals surface area contributed by atoms with Gasteiger partial charge in [0.1, 0.15) is 11.2 Å². The quantitative estimate of drug-likeness (QED) is 0.178. The van der Waals surface area contributed by atoms with Crippen molar-refractivity contribution >= 4 is 92.1 Å². The van der Waals surface area contributed by atoms with E-state index in [1.54, 1.807) is 0 Å². The molecule has 0 fully saturated rings. The molecular formula is C50H31NOS. The van der Waals surface area contributed by atoms with Crippen molar-refractivity contribution in [3.63, 3.8) is 0 Å². The summed E-state index contributed by atoms with van der Waals surface area (Å²) in [5.74, 6) is 0. The lowest BCUT2D eigenvalue weighted by Crippen LogP contribution is -2.09. The number of nitrogens with zero attached hydrogens (tertiary/aromatic N) is 1. The molecule has 0 bridgehead atoms. The zero-order valence-corrected chi connectivity index (χ0v) is 29.5. The van der Waals surface area contributed by atoms with Gasteiger partial charge in [-0.2, -0.15) is 0 Å². The van der Waals surface area contributed by atoms with Crippen molar-refractivity contribution in [1.82, 2.24) is 0 Å². The second-order valence-corrected chi connectivity index (χ2v) is 14.8. The maximum absolute atomic E-state index is 6.50. The van der Waals surface area contributed by atoms with Crippen LogP contribution in [-0.2, 0) is 0 Å². The van der Waals surface area contributed by atoms with E-state index in [2.05, 4.69) is 193 Å². The van der Waals surface area contributed by atoms with Gasteiger partial charge >= 0.3 is 0 Å². The summed E-state index contributed by atoms with van der Waals surface area (Å²) in [5.41, 5.74) is 9.89. The molecule has 53 heavy (non-hydrogen) atoms. The number of thiophene rings is 1. The fourth-order valence-electron chi connectivity index (χ4n) is 8.01. The minimum absolute atomic E-state index is 0.884. The Labute approximate surface area is 310 Å². The molecule has 0 amide bonds. The van der Waals surface area contributed by atoms with Gasteiger partial charge < -0.3 is 9.32 Å². The molecule has 3 heteroatoms. The minimum Gasteiger partial charge on any atom is -0.456 e. The van der Waals surface area contributed by atoms with Gasteiger partial charge in [0.15, 0.2) is 0 Å². The third kappa shape index (κ3) is 5.01. The molecule has 0 atom stereocenters. The number of benzene rings is 9. The van der Waals surface area contributed by atoms with E-state index in [9.17, 15) is 0 Å². The van der Waals surface area contributed by atoms with Crippen LogP contribution in [0.5, 0.6) is 0 Å². The lowest BCUT2D eigenvalue weighted by Gasteiger charge is -2.26. The van der Waals surface area contributed by atoms with Crippen LogP contribution in [0.4, 0.5) is 17.1 Å². The average Bonchev–Trinajstić information content (AvgIpc) is 3.79. The van der Waals surface area contributed by atoms with Crippen LogP contribution in [0.1, 0.15) is 0 Å². The first-order valence-corrected chi connectivity index (χ1v) is 18.8. The van der Waals surface area contributed by atoms with Gasteiger partial charge in [0.25, 0.3) is 0 Å². The maximum Gasteiger partial charge on any atom is 0.136 e. The lowest BCUT2D eigenvalue weighted by molar-refractivity contribution is 0.669. The summed E-state index contributed by atoms with van der Waals surface area (Å²) < 4.78 is 9.09. The summed E-state index contributed by atoms with van der Waals surface area (Å²) in [6.45, 7) is 0. The lowest BCUT2D eigenvalue weighted by atomic mass is 9.98. The molecule has 0 spiro atoms. The van der Waals surface area contributed by atoms with Crippen molar-refractivity contribution in [3.05, 3.63) is 188 Å². The molecular weight excluding hydrogens is 663 g/mol. The number of furan rings is 1. The Morgan fingerprint density at radius 3 is 1.81 bits per heavy atom. The van der Waals surface area contributed by atoms with Gasteiger partial charge in [0.2, 0.25) is 0 Å². The Kier molecular flexibility index (Phi) is 6.76. The fourth-order valence-corrected chi connectivity index (χ4v) is 9.10. The molecule has 2 aromatic heterocycles. The molecule has 11 aromatic rings. The molecule has 0 aliphatic carbocycles. The monoisotopic (exact) mass is 693 g/mol. The predicted molar refractivity (Wildman–Crippen MR) is 227 cm³/mol. The molecule has 2 nitrogen and oxygen atoms in total. The molecule has 0 unspecified atom stereocenters. The van der Waals surface area contributed by atoms with Crippen LogP contribution in [0, 0.1) is 0 Å². The Morgan fingerprint density at radius 2 is 0.943 bits per heavy atom. The second-order valence-electron chi connectivity index (χ2n) is 13.7. The minimum atomic E-state index is 0.884. The van der Waals surface area contributed by atoms with Crippen LogP contribution < -0.4 is 4.90 Å². The molecule has 0 radical (unpaired) electrons. The number of anilines is 3. The van der Waals surface area contributed by atoms with E-state index in [0.717, 1.165) is 39.0 Å². The Hall–Kier alpha value is -6.68. The van der Waals surface area contributed by atoms with Crippen LogP contribution in [0.25, 0.3) is 85.9 Å². The average molecular weight is 694 g/mol. The van der Waals surface area contributed by atoms with Crippen molar-refractivity contribution in [1.29, 1.82) is 0 Å². The van der Waals surface area contributed by atoms with Crippen molar-refractivity contribution in [2.75, 3.05) is 4.90 Å². The molecule has 0 saturated heterocycles. The number of fused-ring (bicyclic) bond motifs is 9. The molecule has 0 saturated carbocycles. The highest BCUT2D eigenvalue weighted by Gasteiger charge is 2.18. The Bertz CT molecular complexity index is 3170. The van der Waals surface area contributed by atoms with Crippen LogP contribution in [-0.4, -0.2) is 0 Å². The summed E-state index contributed by atoms with van der Waals surface area (Å²) >= 11 is 1.85. The molecule has 0 aliphatic heterocycles. The zero-order valence-electron chi connectivity index (χ0n) is 28.7. The summed E-state index contributed by atoms with van der Waals surface area (Å²) in [4.78, 5) is 2.38. The molecule has 248 valence electrons. The van der Waals surface area contributed by atoms with Gasteiger partial charge in [-0.25, -0.2) is 0 Å². The highest BCUT2D eigenvalue weighted by atomic mass is 32.1. The Balaban J connectivity index is 1.08. The molecule has 11 rings (SSSR count). The van der Waals surface area contributed by atoms with Gasteiger partial charge in [0.05, 0.1) is 0 Å². The zero-order chi connectivity index (χ0) is 34.9. The smallest absolute Gasteiger partial charge is 0.136 e. The summed E-state index contributed by atoms with van der Waals surface area (Å²) in [6.07, 6.45) is 0. The summed E-state index contributed by atoms with van der Waals surface area (Å²) in [6, 6.07) is 68.1. The van der Waals surface area contributed by atoms with E-state index < -0.39 is 0 Å². The SMILES string of the molecule is c1ccc(-c2ccc3c(ccc4oc5ccc(N(c6ccc(-c7ccc8ccccc8c7)cc6)c6ccc7sc8ccccc8c7c6)cc5c43)c2)cc1. The number of hydrogen-bond donors (Lipinski definition) is 0. The van der Waals surface area contributed by atoms with Gasteiger partial charge in [0, 0.05) is 48.0 Å². The highest BCUT2D eigenvalue weighted by Crippen LogP contribution is 2.44. The van der Waals surface area contributed by atoms with E-state index in [4.69, 9.17) is 4.42 Å². The molecule has 0 aliphatic rings.